The number of amides is 2. The number of alkyl carbamates (subject to hydrolysis) is 1. The number of hydrogen-bond donors (Lipinski definition) is 2. The van der Waals surface area contributed by atoms with Gasteiger partial charge >= 0.3 is 12.1 Å². The minimum absolute atomic E-state index is 0.0727. The number of likely N-dealkylation sites (tertiary alicyclic amines) is 1. The molecule has 2 aromatic carbocycles. The molecular weight excluding hydrogens is 444 g/mol. The van der Waals surface area contributed by atoms with E-state index in [9.17, 15) is 19.5 Å². The van der Waals surface area contributed by atoms with E-state index in [2.05, 4.69) is 43.4 Å². The normalized spacial score (nSPS) is 18.0. The molecule has 2 aromatic rings. The van der Waals surface area contributed by atoms with Gasteiger partial charge in [0.25, 0.3) is 0 Å². The summed E-state index contributed by atoms with van der Waals surface area (Å²) in [5.41, 5.74) is 4.52. The Labute approximate surface area is 206 Å². The lowest BCUT2D eigenvalue weighted by atomic mass is 9.98. The molecule has 4 rings (SSSR count). The predicted molar refractivity (Wildman–Crippen MR) is 133 cm³/mol. The van der Waals surface area contributed by atoms with E-state index < -0.39 is 24.1 Å². The van der Waals surface area contributed by atoms with Crippen LogP contribution in [0.25, 0.3) is 11.1 Å². The first-order chi connectivity index (χ1) is 16.9. The second-order valence-electron chi connectivity index (χ2n) is 9.88. The maximum absolute atomic E-state index is 13.3. The van der Waals surface area contributed by atoms with Gasteiger partial charge < -0.3 is 20.1 Å². The van der Waals surface area contributed by atoms with Crippen molar-refractivity contribution in [3.05, 3.63) is 59.7 Å². The van der Waals surface area contributed by atoms with E-state index >= 15 is 0 Å². The van der Waals surface area contributed by atoms with E-state index in [-0.39, 0.29) is 18.4 Å². The Balaban J connectivity index is 1.45. The molecule has 0 bridgehead atoms. The zero-order chi connectivity index (χ0) is 24.9. The molecular formula is C28H34N2O5. The second kappa shape index (κ2) is 10.9. The molecule has 1 fully saturated rings. The lowest BCUT2D eigenvalue weighted by molar-refractivity contribution is -0.153. The molecule has 0 saturated carbocycles. The minimum atomic E-state index is -0.998. The fourth-order valence-corrected chi connectivity index (χ4v) is 5.19. The van der Waals surface area contributed by atoms with Gasteiger partial charge in [0.05, 0.1) is 0 Å². The van der Waals surface area contributed by atoms with E-state index in [4.69, 9.17) is 4.74 Å². The Hall–Kier alpha value is -3.35. The number of carbonyl (C=O) groups is 3. The molecule has 1 saturated heterocycles. The molecule has 7 nitrogen and oxygen atoms in total. The van der Waals surface area contributed by atoms with Crippen molar-refractivity contribution in [3.8, 4) is 11.1 Å². The number of hydrogen-bond acceptors (Lipinski definition) is 4. The standard InChI is InChI=1S/C28H34N2O5/c1-18(2)14-15-24(26(31)30-16-8-7-13-25(30)27(32)33)29-28(34)35-17-23-21-11-5-3-9-19(21)20-10-4-6-12-22(20)23/h3-6,9-12,18,23-25H,7-8,13-17H2,1-2H3,(H,29,34)(H,32,33)/t24?,25-/m0/s1. The van der Waals surface area contributed by atoms with Gasteiger partial charge in [0.15, 0.2) is 0 Å². The molecule has 2 amide bonds. The number of carbonyl (C=O) groups excluding carboxylic acids is 2. The predicted octanol–water partition coefficient (Wildman–Crippen LogP) is 4.80. The second-order valence-corrected chi connectivity index (χ2v) is 9.88. The van der Waals surface area contributed by atoms with Gasteiger partial charge in [-0.05, 0) is 60.3 Å². The van der Waals surface area contributed by atoms with Gasteiger partial charge in [-0.1, -0.05) is 62.4 Å². The highest BCUT2D eigenvalue weighted by atomic mass is 16.5. The van der Waals surface area contributed by atoms with Crippen LogP contribution >= 0.6 is 0 Å². The van der Waals surface area contributed by atoms with Crippen molar-refractivity contribution in [1.29, 1.82) is 0 Å². The number of nitrogens with zero attached hydrogens (tertiary/aromatic N) is 1. The van der Waals surface area contributed by atoms with Crippen molar-refractivity contribution >= 4 is 18.0 Å². The SMILES string of the molecule is CC(C)CCC(NC(=O)OCC1c2ccccc2-c2ccccc21)C(=O)N1CCCC[C@H]1C(=O)O. The summed E-state index contributed by atoms with van der Waals surface area (Å²) in [6.45, 7) is 4.65. The molecule has 0 aromatic heterocycles. The summed E-state index contributed by atoms with van der Waals surface area (Å²) in [5.74, 6) is -1.07. The Morgan fingerprint density at radius 1 is 1.00 bits per heavy atom. The van der Waals surface area contributed by atoms with Crippen LogP contribution in [0.4, 0.5) is 4.79 Å². The van der Waals surface area contributed by atoms with Crippen LogP contribution in [0.3, 0.4) is 0 Å². The average Bonchev–Trinajstić information content (AvgIpc) is 3.18. The number of carboxylic acids is 1. The molecule has 2 atom stereocenters. The summed E-state index contributed by atoms with van der Waals surface area (Å²) in [6, 6.07) is 14.6. The topological polar surface area (TPSA) is 95.9 Å². The van der Waals surface area contributed by atoms with E-state index in [1.165, 1.54) is 4.90 Å². The van der Waals surface area contributed by atoms with Crippen molar-refractivity contribution < 1.29 is 24.2 Å². The third-order valence-corrected chi connectivity index (χ3v) is 7.04. The van der Waals surface area contributed by atoms with Crippen LogP contribution in [0.1, 0.15) is 63.0 Å². The number of fused-ring (bicyclic) bond motifs is 3. The zero-order valence-corrected chi connectivity index (χ0v) is 20.4. The molecule has 0 radical (unpaired) electrons. The summed E-state index contributed by atoms with van der Waals surface area (Å²) >= 11 is 0. The number of rotatable bonds is 8. The summed E-state index contributed by atoms with van der Waals surface area (Å²) in [7, 11) is 0. The first-order valence-corrected chi connectivity index (χ1v) is 12.5. The summed E-state index contributed by atoms with van der Waals surface area (Å²) < 4.78 is 5.65. The molecule has 1 aliphatic carbocycles. The third-order valence-electron chi connectivity index (χ3n) is 7.04. The lowest BCUT2D eigenvalue weighted by Gasteiger charge is -2.35. The Kier molecular flexibility index (Phi) is 7.73. The molecule has 0 spiro atoms. The fourth-order valence-electron chi connectivity index (χ4n) is 5.19. The number of carboxylic acid groups (broad SMARTS) is 1. The maximum Gasteiger partial charge on any atom is 0.407 e. The van der Waals surface area contributed by atoms with Gasteiger partial charge in [0, 0.05) is 12.5 Å². The molecule has 7 heteroatoms. The molecule has 2 N–H and O–H groups in total. The largest absolute Gasteiger partial charge is 0.480 e. The molecule has 35 heavy (non-hydrogen) atoms. The number of piperidine rings is 1. The third kappa shape index (κ3) is 5.50. The number of aliphatic carboxylic acids is 1. The highest BCUT2D eigenvalue weighted by Crippen LogP contribution is 2.44. The van der Waals surface area contributed by atoms with Crippen molar-refractivity contribution in [2.45, 2.75) is 64.0 Å². The van der Waals surface area contributed by atoms with E-state index in [0.717, 1.165) is 41.5 Å². The monoisotopic (exact) mass is 478 g/mol. The molecule has 186 valence electrons. The van der Waals surface area contributed by atoms with Crippen LogP contribution in [0.5, 0.6) is 0 Å². The van der Waals surface area contributed by atoms with Crippen molar-refractivity contribution in [2.24, 2.45) is 5.92 Å². The van der Waals surface area contributed by atoms with E-state index in [1.54, 1.807) is 0 Å². The van der Waals surface area contributed by atoms with Crippen LogP contribution in [-0.4, -0.2) is 53.2 Å². The van der Waals surface area contributed by atoms with Crippen LogP contribution in [0, 0.1) is 5.92 Å². The van der Waals surface area contributed by atoms with Crippen LogP contribution in [-0.2, 0) is 14.3 Å². The van der Waals surface area contributed by atoms with Gasteiger partial charge in [-0.2, -0.15) is 0 Å². The van der Waals surface area contributed by atoms with Crippen LogP contribution in [0.2, 0.25) is 0 Å². The fraction of sp³-hybridized carbons (Fsp3) is 0.464. The molecule has 2 aliphatic rings. The van der Waals surface area contributed by atoms with Gasteiger partial charge in [-0.25, -0.2) is 9.59 Å². The average molecular weight is 479 g/mol. The van der Waals surface area contributed by atoms with Gasteiger partial charge in [-0.15, -0.1) is 0 Å². The van der Waals surface area contributed by atoms with Crippen molar-refractivity contribution in [1.82, 2.24) is 10.2 Å². The smallest absolute Gasteiger partial charge is 0.407 e. The Morgan fingerprint density at radius 3 is 2.23 bits per heavy atom. The van der Waals surface area contributed by atoms with Crippen molar-refractivity contribution in [2.75, 3.05) is 13.2 Å². The molecule has 1 unspecified atom stereocenters. The summed E-state index contributed by atoms with van der Waals surface area (Å²) in [4.78, 5) is 39.3. The van der Waals surface area contributed by atoms with Gasteiger partial charge in [0.2, 0.25) is 5.91 Å². The van der Waals surface area contributed by atoms with Crippen molar-refractivity contribution in [3.63, 3.8) is 0 Å². The summed E-state index contributed by atoms with van der Waals surface area (Å²) in [5, 5.41) is 12.4. The molecule has 1 aliphatic heterocycles. The highest BCUT2D eigenvalue weighted by Gasteiger charge is 2.36. The lowest BCUT2D eigenvalue weighted by Crippen LogP contribution is -2.55. The maximum atomic E-state index is 13.3. The van der Waals surface area contributed by atoms with E-state index in [1.807, 2.05) is 24.3 Å². The van der Waals surface area contributed by atoms with Gasteiger partial charge in [0.1, 0.15) is 18.7 Å². The first-order valence-electron chi connectivity index (χ1n) is 12.5. The first kappa shape index (κ1) is 24.8. The number of benzene rings is 2. The quantitative estimate of drug-likeness (QED) is 0.568. The Bertz CT molecular complexity index is 1040. The minimum Gasteiger partial charge on any atom is -0.480 e. The van der Waals surface area contributed by atoms with E-state index in [0.29, 0.717) is 25.3 Å². The van der Waals surface area contributed by atoms with Crippen LogP contribution < -0.4 is 5.32 Å². The number of ether oxygens (including phenoxy) is 1. The highest BCUT2D eigenvalue weighted by molar-refractivity contribution is 5.89. The van der Waals surface area contributed by atoms with Gasteiger partial charge in [-0.3, -0.25) is 4.79 Å². The summed E-state index contributed by atoms with van der Waals surface area (Å²) in [6.07, 6.45) is 2.48. The molecule has 1 heterocycles. The van der Waals surface area contributed by atoms with Crippen LogP contribution in [0.15, 0.2) is 48.5 Å². The Morgan fingerprint density at radius 2 is 1.63 bits per heavy atom. The zero-order valence-electron chi connectivity index (χ0n) is 20.4. The number of nitrogens with one attached hydrogen (secondary N) is 1.